The Morgan fingerprint density at radius 2 is 1.64 bits per heavy atom. The van der Waals surface area contributed by atoms with Gasteiger partial charge >= 0.3 is 0 Å². The van der Waals surface area contributed by atoms with Crippen LogP contribution in [-0.2, 0) is 0 Å². The number of hydrazine groups is 1. The molecule has 0 aliphatic heterocycles. The van der Waals surface area contributed by atoms with E-state index >= 15 is 0 Å². The van der Waals surface area contributed by atoms with Crippen LogP contribution in [0.1, 0.15) is 53.3 Å². The lowest BCUT2D eigenvalue weighted by Gasteiger charge is -2.09. The number of nitro groups is 1. The highest BCUT2D eigenvalue weighted by Gasteiger charge is 2.19. The van der Waals surface area contributed by atoms with Gasteiger partial charge < -0.3 is 4.74 Å². The summed E-state index contributed by atoms with van der Waals surface area (Å²) in [5.74, 6) is -0.647. The molecule has 0 saturated carbocycles. The van der Waals surface area contributed by atoms with Crippen LogP contribution < -0.4 is 15.6 Å². The van der Waals surface area contributed by atoms with Gasteiger partial charge in [-0.3, -0.25) is 30.6 Å². The minimum absolute atomic E-state index is 0.139. The molecule has 28 heavy (non-hydrogen) atoms. The Bertz CT molecular complexity index is 821. The molecule has 2 aromatic rings. The molecule has 2 amide bonds. The monoisotopic (exact) mass is 385 g/mol. The van der Waals surface area contributed by atoms with Crippen molar-refractivity contribution in [3.8, 4) is 5.75 Å². The van der Waals surface area contributed by atoms with Gasteiger partial charge in [0, 0.05) is 11.6 Å². The van der Waals surface area contributed by atoms with Crippen LogP contribution in [0.5, 0.6) is 5.75 Å². The van der Waals surface area contributed by atoms with Crippen molar-refractivity contribution in [2.24, 2.45) is 0 Å². The predicted molar refractivity (Wildman–Crippen MR) is 104 cm³/mol. The molecule has 0 aromatic heterocycles. The standard InChI is InChI=1S/C20H23N3O5/c1-2-3-4-7-14-28-16-12-10-15(11-13-16)19(24)21-22-20(25)17-8-5-6-9-18(17)23(26)27/h5-6,8-13H,2-4,7,14H2,1H3,(H,21,24)(H,22,25). The summed E-state index contributed by atoms with van der Waals surface area (Å²) in [6.45, 7) is 2.77. The molecule has 0 aliphatic rings. The first kappa shape index (κ1) is 20.9. The van der Waals surface area contributed by atoms with Gasteiger partial charge in [-0.15, -0.1) is 0 Å². The Kier molecular flexibility index (Phi) is 7.95. The molecular weight excluding hydrogens is 362 g/mol. The van der Waals surface area contributed by atoms with Crippen LogP contribution in [-0.4, -0.2) is 23.3 Å². The maximum atomic E-state index is 12.1. The molecule has 2 aromatic carbocycles. The van der Waals surface area contributed by atoms with E-state index < -0.39 is 16.7 Å². The molecule has 0 atom stereocenters. The first-order valence-corrected chi connectivity index (χ1v) is 9.10. The summed E-state index contributed by atoms with van der Waals surface area (Å²) in [4.78, 5) is 34.6. The van der Waals surface area contributed by atoms with Crippen LogP contribution >= 0.6 is 0 Å². The maximum Gasteiger partial charge on any atom is 0.282 e. The molecule has 2 N–H and O–H groups in total. The molecule has 2 rings (SSSR count). The second kappa shape index (κ2) is 10.7. The summed E-state index contributed by atoms with van der Waals surface area (Å²) in [6.07, 6.45) is 4.45. The van der Waals surface area contributed by atoms with Crippen molar-refractivity contribution >= 4 is 17.5 Å². The van der Waals surface area contributed by atoms with Crippen molar-refractivity contribution in [1.29, 1.82) is 0 Å². The number of para-hydroxylation sites is 1. The summed E-state index contributed by atoms with van der Waals surface area (Å²) < 4.78 is 5.61. The summed E-state index contributed by atoms with van der Waals surface area (Å²) >= 11 is 0. The number of carbonyl (C=O) groups excluding carboxylic acids is 2. The van der Waals surface area contributed by atoms with Crippen molar-refractivity contribution in [2.75, 3.05) is 6.61 Å². The van der Waals surface area contributed by atoms with Crippen LogP contribution in [0.25, 0.3) is 0 Å². The molecular formula is C20H23N3O5. The third-order valence-corrected chi connectivity index (χ3v) is 4.02. The first-order chi connectivity index (χ1) is 13.5. The van der Waals surface area contributed by atoms with Crippen LogP contribution in [0.15, 0.2) is 48.5 Å². The molecule has 8 nitrogen and oxygen atoms in total. The van der Waals surface area contributed by atoms with Crippen molar-refractivity contribution in [3.05, 3.63) is 69.8 Å². The van der Waals surface area contributed by atoms with Crippen molar-refractivity contribution in [1.82, 2.24) is 10.9 Å². The van der Waals surface area contributed by atoms with Gasteiger partial charge in [0.2, 0.25) is 0 Å². The van der Waals surface area contributed by atoms with Gasteiger partial charge in [0.1, 0.15) is 11.3 Å². The zero-order chi connectivity index (χ0) is 20.4. The van der Waals surface area contributed by atoms with E-state index in [1.807, 2.05) is 0 Å². The van der Waals surface area contributed by atoms with Gasteiger partial charge in [-0.1, -0.05) is 38.3 Å². The Hall–Kier alpha value is -3.42. The number of carbonyl (C=O) groups is 2. The van der Waals surface area contributed by atoms with Gasteiger partial charge in [-0.2, -0.15) is 0 Å². The summed E-state index contributed by atoms with van der Waals surface area (Å²) in [7, 11) is 0. The Morgan fingerprint density at radius 1 is 0.964 bits per heavy atom. The van der Waals surface area contributed by atoms with E-state index in [-0.39, 0.29) is 11.3 Å². The van der Waals surface area contributed by atoms with E-state index in [9.17, 15) is 19.7 Å². The Balaban J connectivity index is 1.86. The smallest absolute Gasteiger partial charge is 0.282 e. The highest BCUT2D eigenvalue weighted by Crippen LogP contribution is 2.17. The predicted octanol–water partition coefficient (Wildman–Crippen LogP) is 3.63. The van der Waals surface area contributed by atoms with E-state index in [2.05, 4.69) is 17.8 Å². The number of hydrogen-bond donors (Lipinski definition) is 2. The lowest BCUT2D eigenvalue weighted by Crippen LogP contribution is -2.41. The highest BCUT2D eigenvalue weighted by atomic mass is 16.6. The van der Waals surface area contributed by atoms with E-state index in [0.717, 1.165) is 19.3 Å². The Labute approximate surface area is 163 Å². The van der Waals surface area contributed by atoms with Gasteiger partial charge in [0.05, 0.1) is 11.5 Å². The van der Waals surface area contributed by atoms with Crippen molar-refractivity contribution < 1.29 is 19.2 Å². The molecule has 0 heterocycles. The number of nitrogens with one attached hydrogen (secondary N) is 2. The minimum atomic E-state index is -0.771. The van der Waals surface area contributed by atoms with Crippen LogP contribution in [0.3, 0.4) is 0 Å². The highest BCUT2D eigenvalue weighted by molar-refractivity contribution is 6.01. The summed E-state index contributed by atoms with van der Waals surface area (Å²) in [5, 5.41) is 11.0. The maximum absolute atomic E-state index is 12.1. The van der Waals surface area contributed by atoms with Crippen molar-refractivity contribution in [2.45, 2.75) is 32.6 Å². The van der Waals surface area contributed by atoms with Gasteiger partial charge in [-0.25, -0.2) is 0 Å². The molecule has 0 unspecified atom stereocenters. The molecule has 8 heteroatoms. The lowest BCUT2D eigenvalue weighted by atomic mass is 10.2. The van der Waals surface area contributed by atoms with E-state index in [4.69, 9.17) is 4.74 Å². The SMILES string of the molecule is CCCCCCOc1ccc(C(=O)NNC(=O)c2ccccc2[N+](=O)[O-])cc1. The number of hydrogen-bond acceptors (Lipinski definition) is 5. The van der Waals surface area contributed by atoms with Crippen molar-refractivity contribution in [3.63, 3.8) is 0 Å². The lowest BCUT2D eigenvalue weighted by molar-refractivity contribution is -0.385. The van der Waals surface area contributed by atoms with E-state index in [1.54, 1.807) is 24.3 Å². The van der Waals surface area contributed by atoms with Crippen LogP contribution in [0, 0.1) is 10.1 Å². The zero-order valence-corrected chi connectivity index (χ0v) is 15.6. The minimum Gasteiger partial charge on any atom is -0.494 e. The first-order valence-electron chi connectivity index (χ1n) is 9.10. The van der Waals surface area contributed by atoms with Crippen LogP contribution in [0.4, 0.5) is 5.69 Å². The zero-order valence-electron chi connectivity index (χ0n) is 15.6. The third-order valence-electron chi connectivity index (χ3n) is 4.02. The number of nitrogens with zero attached hydrogens (tertiary/aromatic N) is 1. The number of rotatable bonds is 9. The van der Waals surface area contributed by atoms with E-state index in [1.165, 1.54) is 30.7 Å². The fraction of sp³-hybridized carbons (Fsp3) is 0.300. The molecule has 0 spiro atoms. The molecule has 0 fully saturated rings. The molecule has 0 aliphatic carbocycles. The van der Waals surface area contributed by atoms with Gasteiger partial charge in [0.15, 0.2) is 0 Å². The average molecular weight is 385 g/mol. The molecule has 0 bridgehead atoms. The number of benzene rings is 2. The summed E-state index contributed by atoms with van der Waals surface area (Å²) in [6, 6.07) is 12.0. The third kappa shape index (κ3) is 6.08. The fourth-order valence-electron chi connectivity index (χ4n) is 2.50. The second-order valence-electron chi connectivity index (χ2n) is 6.12. The van der Waals surface area contributed by atoms with Gasteiger partial charge in [-0.05, 0) is 36.8 Å². The topological polar surface area (TPSA) is 111 Å². The largest absolute Gasteiger partial charge is 0.494 e. The van der Waals surface area contributed by atoms with Gasteiger partial charge in [0.25, 0.3) is 17.5 Å². The molecule has 148 valence electrons. The number of amides is 2. The number of unbranched alkanes of at least 4 members (excludes halogenated alkanes) is 3. The number of nitro benzene ring substituents is 1. The molecule has 0 saturated heterocycles. The second-order valence-corrected chi connectivity index (χ2v) is 6.12. The fourth-order valence-corrected chi connectivity index (χ4v) is 2.50. The number of ether oxygens (including phenoxy) is 1. The molecule has 0 radical (unpaired) electrons. The Morgan fingerprint density at radius 3 is 2.32 bits per heavy atom. The van der Waals surface area contributed by atoms with Crippen LogP contribution in [0.2, 0.25) is 0 Å². The normalized spacial score (nSPS) is 10.2. The summed E-state index contributed by atoms with van der Waals surface area (Å²) in [5.41, 5.74) is 4.28. The quantitative estimate of drug-likeness (QED) is 0.389. The average Bonchev–Trinajstić information content (AvgIpc) is 2.72. The van der Waals surface area contributed by atoms with E-state index in [0.29, 0.717) is 17.9 Å².